The van der Waals surface area contributed by atoms with Gasteiger partial charge in [0.05, 0.1) is 16.8 Å². The van der Waals surface area contributed by atoms with Crippen molar-refractivity contribution in [1.82, 2.24) is 30.7 Å². The molecule has 0 fully saturated rings. The van der Waals surface area contributed by atoms with Gasteiger partial charge in [-0.3, -0.25) is 14.9 Å². The lowest BCUT2D eigenvalue weighted by atomic mass is 10.1. The molecule has 13 nitrogen and oxygen atoms in total. The van der Waals surface area contributed by atoms with Gasteiger partial charge in [0.2, 0.25) is 11.6 Å². The predicted molar refractivity (Wildman–Crippen MR) is 95.9 cm³/mol. The van der Waals surface area contributed by atoms with Crippen molar-refractivity contribution in [2.45, 2.75) is 19.8 Å². The van der Waals surface area contributed by atoms with Crippen LogP contribution in [0.2, 0.25) is 0 Å². The summed E-state index contributed by atoms with van der Waals surface area (Å²) in [7, 11) is 0. The number of carbonyl (C=O) groups excluding carboxylic acids is 1. The molecule has 3 aromatic rings. The summed E-state index contributed by atoms with van der Waals surface area (Å²) in [5.41, 5.74) is 9.04. The van der Waals surface area contributed by atoms with E-state index in [2.05, 4.69) is 35.8 Å². The average molecular weight is 385 g/mol. The highest BCUT2D eigenvalue weighted by Crippen LogP contribution is 2.22. The van der Waals surface area contributed by atoms with Crippen LogP contribution in [0.25, 0.3) is 5.82 Å². The summed E-state index contributed by atoms with van der Waals surface area (Å²) in [5, 5.41) is 29.4. The van der Waals surface area contributed by atoms with Gasteiger partial charge in [0.15, 0.2) is 5.69 Å². The minimum atomic E-state index is -0.594. The molecule has 0 unspecified atom stereocenters. The lowest BCUT2D eigenvalue weighted by Gasteiger charge is -2.08. The Morgan fingerprint density at radius 2 is 2.07 bits per heavy atom. The van der Waals surface area contributed by atoms with E-state index >= 15 is 0 Å². The normalized spacial score (nSPS) is 11.2. The minimum absolute atomic E-state index is 0.00921. The maximum Gasteiger partial charge on any atom is 0.293 e. The number of hydrazone groups is 1. The number of nitrogens with two attached hydrogens (primary N) is 1. The number of benzene rings is 1. The fourth-order valence-corrected chi connectivity index (χ4v) is 2.36. The van der Waals surface area contributed by atoms with Crippen LogP contribution in [0.5, 0.6) is 0 Å². The Balaban J connectivity index is 1.78. The number of hydrogen-bond acceptors (Lipinski definition) is 10. The monoisotopic (exact) mass is 385 g/mol. The highest BCUT2D eigenvalue weighted by Gasteiger charge is 2.25. The number of amides is 1. The molecule has 3 N–H and O–H groups in total. The van der Waals surface area contributed by atoms with Crippen molar-refractivity contribution >= 4 is 23.6 Å². The van der Waals surface area contributed by atoms with Gasteiger partial charge in [0, 0.05) is 12.1 Å². The number of anilines is 1. The molecule has 3 rings (SSSR count). The molecule has 0 radical (unpaired) electrons. The maximum atomic E-state index is 12.5. The molecule has 0 bridgehead atoms. The Kier molecular flexibility index (Phi) is 5.06. The molecular weight excluding hydrogens is 370 g/mol. The Labute approximate surface area is 157 Å². The Hall–Kier alpha value is -4.16. The standard InChI is InChI=1S/C15H15N9O4/c1-8(2)12-11(18-22-23(12)14-13(16)20-28-21-14)15(25)19-17-7-9-3-5-10(6-4-9)24(26)27/h3-8H,1-2H3,(H2,16,20)(H,19,25)/b17-7-. The first-order valence-corrected chi connectivity index (χ1v) is 8.00. The molecule has 1 aromatic carbocycles. The number of hydrogen-bond donors (Lipinski definition) is 2. The largest absolute Gasteiger partial charge is 0.378 e. The average Bonchev–Trinajstić information content (AvgIpc) is 3.27. The number of nitrogens with zero attached hydrogens (tertiary/aromatic N) is 7. The molecule has 13 heteroatoms. The van der Waals surface area contributed by atoms with Crippen LogP contribution in [-0.4, -0.2) is 42.4 Å². The topological polar surface area (TPSA) is 180 Å². The van der Waals surface area contributed by atoms with E-state index < -0.39 is 10.8 Å². The van der Waals surface area contributed by atoms with Crippen LogP contribution < -0.4 is 11.2 Å². The van der Waals surface area contributed by atoms with E-state index in [1.807, 2.05) is 13.8 Å². The third kappa shape index (κ3) is 3.67. The van der Waals surface area contributed by atoms with Crippen molar-refractivity contribution in [2.24, 2.45) is 5.10 Å². The quantitative estimate of drug-likeness (QED) is 0.356. The van der Waals surface area contributed by atoms with Gasteiger partial charge in [0.1, 0.15) is 0 Å². The van der Waals surface area contributed by atoms with Crippen molar-refractivity contribution in [1.29, 1.82) is 0 Å². The number of nitrogens with one attached hydrogen (secondary N) is 1. The number of non-ortho nitro benzene ring substituents is 1. The van der Waals surface area contributed by atoms with E-state index in [9.17, 15) is 14.9 Å². The molecule has 0 aliphatic rings. The molecule has 0 aliphatic carbocycles. The summed E-state index contributed by atoms with van der Waals surface area (Å²) in [6.45, 7) is 3.69. The van der Waals surface area contributed by atoms with Crippen LogP contribution in [0.3, 0.4) is 0 Å². The highest BCUT2D eigenvalue weighted by molar-refractivity contribution is 5.94. The minimum Gasteiger partial charge on any atom is -0.378 e. The smallest absolute Gasteiger partial charge is 0.293 e. The lowest BCUT2D eigenvalue weighted by molar-refractivity contribution is -0.384. The zero-order valence-corrected chi connectivity index (χ0v) is 14.8. The maximum absolute atomic E-state index is 12.5. The van der Waals surface area contributed by atoms with Crippen LogP contribution in [0.4, 0.5) is 11.5 Å². The summed E-state index contributed by atoms with van der Waals surface area (Å²) < 4.78 is 5.84. The van der Waals surface area contributed by atoms with Crippen LogP contribution in [0.1, 0.15) is 41.5 Å². The summed E-state index contributed by atoms with van der Waals surface area (Å²) in [5.74, 6) is -0.603. The van der Waals surface area contributed by atoms with E-state index in [-0.39, 0.29) is 28.9 Å². The van der Waals surface area contributed by atoms with Crippen molar-refractivity contribution in [3.63, 3.8) is 0 Å². The van der Waals surface area contributed by atoms with Gasteiger partial charge in [-0.25, -0.2) is 10.1 Å². The van der Waals surface area contributed by atoms with E-state index in [1.165, 1.54) is 35.2 Å². The second-order valence-corrected chi connectivity index (χ2v) is 5.91. The fraction of sp³-hybridized carbons (Fsp3) is 0.200. The fourth-order valence-electron chi connectivity index (χ4n) is 2.36. The van der Waals surface area contributed by atoms with E-state index in [4.69, 9.17) is 5.73 Å². The number of nitro benzene ring substituents is 1. The summed E-state index contributed by atoms with van der Waals surface area (Å²) in [6, 6.07) is 5.68. The first-order chi connectivity index (χ1) is 13.4. The van der Waals surface area contributed by atoms with Gasteiger partial charge in [-0.2, -0.15) is 9.78 Å². The molecule has 0 aliphatic heterocycles. The second kappa shape index (κ2) is 7.61. The zero-order valence-electron chi connectivity index (χ0n) is 14.8. The second-order valence-electron chi connectivity index (χ2n) is 5.91. The van der Waals surface area contributed by atoms with Crippen LogP contribution in [-0.2, 0) is 0 Å². The van der Waals surface area contributed by atoms with Crippen LogP contribution in [0, 0.1) is 10.1 Å². The van der Waals surface area contributed by atoms with Crippen molar-refractivity contribution in [3.8, 4) is 5.82 Å². The Morgan fingerprint density at radius 1 is 1.36 bits per heavy atom. The van der Waals surface area contributed by atoms with E-state index in [0.717, 1.165) is 0 Å². The summed E-state index contributed by atoms with van der Waals surface area (Å²) in [6.07, 6.45) is 1.35. The molecular formula is C15H15N9O4. The number of nitrogen functional groups attached to an aromatic ring is 1. The molecule has 0 spiro atoms. The number of rotatable bonds is 6. The third-order valence-electron chi connectivity index (χ3n) is 3.65. The number of carbonyl (C=O) groups is 1. The van der Waals surface area contributed by atoms with E-state index in [0.29, 0.717) is 11.3 Å². The van der Waals surface area contributed by atoms with Gasteiger partial charge in [-0.1, -0.05) is 19.1 Å². The third-order valence-corrected chi connectivity index (χ3v) is 3.65. The summed E-state index contributed by atoms with van der Waals surface area (Å²) >= 11 is 0. The summed E-state index contributed by atoms with van der Waals surface area (Å²) in [4.78, 5) is 22.6. The van der Waals surface area contributed by atoms with Crippen molar-refractivity contribution in [3.05, 3.63) is 51.3 Å². The molecule has 144 valence electrons. The number of nitro groups is 1. The first kappa shape index (κ1) is 18.6. The van der Waals surface area contributed by atoms with Crippen molar-refractivity contribution in [2.75, 3.05) is 5.73 Å². The molecule has 0 saturated heterocycles. The first-order valence-electron chi connectivity index (χ1n) is 8.00. The van der Waals surface area contributed by atoms with Gasteiger partial charge in [0.25, 0.3) is 11.6 Å². The molecule has 0 atom stereocenters. The lowest BCUT2D eigenvalue weighted by Crippen LogP contribution is -2.21. The van der Waals surface area contributed by atoms with Gasteiger partial charge in [-0.05, 0) is 33.9 Å². The van der Waals surface area contributed by atoms with Gasteiger partial charge >= 0.3 is 0 Å². The number of aromatic nitrogens is 5. The zero-order chi connectivity index (χ0) is 20.3. The van der Waals surface area contributed by atoms with Crippen LogP contribution >= 0.6 is 0 Å². The Morgan fingerprint density at radius 3 is 2.64 bits per heavy atom. The highest BCUT2D eigenvalue weighted by atomic mass is 16.6. The Bertz CT molecular complexity index is 1040. The van der Waals surface area contributed by atoms with E-state index in [1.54, 1.807) is 0 Å². The van der Waals surface area contributed by atoms with Gasteiger partial charge in [-0.15, -0.1) is 5.10 Å². The predicted octanol–water partition coefficient (Wildman–Crippen LogP) is 1.03. The molecule has 2 aromatic heterocycles. The molecule has 2 heterocycles. The molecule has 28 heavy (non-hydrogen) atoms. The SMILES string of the molecule is CC(C)c1c(C(=O)N/N=C\c2ccc([N+](=O)[O-])cc2)nnn1-c1nonc1N. The molecule has 1 amide bonds. The van der Waals surface area contributed by atoms with Gasteiger partial charge < -0.3 is 5.73 Å². The van der Waals surface area contributed by atoms with Crippen molar-refractivity contribution < 1.29 is 14.3 Å². The van der Waals surface area contributed by atoms with Crippen LogP contribution in [0.15, 0.2) is 34.0 Å². The molecule has 0 saturated carbocycles.